The Hall–Kier alpha value is -3.52. The zero-order valence-electron chi connectivity index (χ0n) is 29.8. The number of rotatable bonds is 7. The monoisotopic (exact) mass is 798 g/mol. The minimum Gasteiger partial charge on any atom is -0.147 e. The van der Waals surface area contributed by atoms with Gasteiger partial charge in [-0.3, -0.25) is 0 Å². The van der Waals surface area contributed by atoms with Crippen LogP contribution in [0.25, 0.3) is 34.4 Å². The predicted molar refractivity (Wildman–Crippen MR) is 225 cm³/mol. The van der Waals surface area contributed by atoms with Gasteiger partial charge in [-0.1, -0.05) is 0 Å². The molecular formula is C47H46Cl2SiZr. The summed E-state index contributed by atoms with van der Waals surface area (Å²) in [5, 5.41) is 0. The molecule has 2 atom stereocenters. The average molecular weight is 801 g/mol. The van der Waals surface area contributed by atoms with Crippen LogP contribution in [0.4, 0.5) is 0 Å². The fraction of sp³-hybridized carbons (Fsp3) is 0.149. The van der Waals surface area contributed by atoms with Gasteiger partial charge < -0.3 is 0 Å². The number of allylic oxidation sites excluding steroid dienone is 2. The second-order valence-electron chi connectivity index (χ2n) is 15.4. The molecule has 0 nitrogen and oxygen atoms in total. The molecule has 256 valence electrons. The van der Waals surface area contributed by atoms with Gasteiger partial charge >= 0.3 is 297 Å². The first-order valence-electron chi connectivity index (χ1n) is 17.7. The Kier molecular flexibility index (Phi) is 10.6. The fourth-order valence-corrected chi connectivity index (χ4v) is 29.8. The van der Waals surface area contributed by atoms with Gasteiger partial charge in [0.2, 0.25) is 0 Å². The Morgan fingerprint density at radius 1 is 0.510 bits per heavy atom. The number of hydrogen-bond donors (Lipinski definition) is 0. The van der Waals surface area contributed by atoms with E-state index in [2.05, 4.69) is 194 Å². The molecule has 0 amide bonds. The Bertz CT molecular complexity index is 2280. The van der Waals surface area contributed by atoms with Crippen LogP contribution in [-0.4, -0.2) is 6.88 Å². The molecule has 0 aliphatic heterocycles. The maximum atomic E-state index is 2.78. The molecule has 0 spiro atoms. The van der Waals surface area contributed by atoms with Crippen molar-refractivity contribution in [2.24, 2.45) is 0 Å². The number of fused-ring (bicyclic) bond motifs is 2. The van der Waals surface area contributed by atoms with Crippen LogP contribution in [0.5, 0.6) is 0 Å². The minimum absolute atomic E-state index is 0. The van der Waals surface area contributed by atoms with Crippen molar-refractivity contribution in [1.29, 1.82) is 0 Å². The fourth-order valence-electron chi connectivity index (χ4n) is 9.55. The molecule has 0 aromatic heterocycles. The summed E-state index contributed by atoms with van der Waals surface area (Å²) in [6.45, 7) is 7.23. The molecule has 0 heterocycles. The van der Waals surface area contributed by atoms with Crippen molar-refractivity contribution >= 4 is 43.8 Å². The van der Waals surface area contributed by atoms with Crippen LogP contribution < -0.4 is 0 Å². The van der Waals surface area contributed by atoms with Crippen molar-refractivity contribution in [1.82, 2.24) is 0 Å². The van der Waals surface area contributed by atoms with E-state index in [1.54, 1.807) is 11.1 Å². The molecule has 0 radical (unpaired) electrons. The van der Waals surface area contributed by atoms with Gasteiger partial charge in [0.1, 0.15) is 0 Å². The molecule has 0 saturated carbocycles. The van der Waals surface area contributed by atoms with E-state index in [0.29, 0.717) is 7.25 Å². The van der Waals surface area contributed by atoms with Crippen LogP contribution in [0.15, 0.2) is 163 Å². The Labute approximate surface area is 319 Å². The third-order valence-electron chi connectivity index (χ3n) is 11.4. The van der Waals surface area contributed by atoms with Crippen LogP contribution in [0.3, 0.4) is 0 Å². The van der Waals surface area contributed by atoms with Crippen molar-refractivity contribution in [2.75, 3.05) is 0 Å². The molecule has 2 aliphatic rings. The zero-order chi connectivity index (χ0) is 33.8. The van der Waals surface area contributed by atoms with Crippen LogP contribution in [0, 0.1) is 6.92 Å². The Balaban J connectivity index is 0.00000224. The maximum absolute atomic E-state index is 3.97. The molecule has 6 aromatic carbocycles. The molecule has 0 fully saturated rings. The largest absolute Gasteiger partial charge is 0.147 e. The maximum Gasteiger partial charge on any atom is -0.147 e. The number of hydrogen-bond acceptors (Lipinski definition) is 0. The molecular weight excluding hydrogens is 755 g/mol. The molecule has 4 heteroatoms. The second kappa shape index (κ2) is 14.5. The van der Waals surface area contributed by atoms with E-state index in [1.807, 2.05) is 0 Å². The van der Waals surface area contributed by atoms with Crippen LogP contribution in [-0.2, 0) is 17.4 Å². The normalized spacial score (nSPS) is 16.4. The van der Waals surface area contributed by atoms with E-state index in [9.17, 15) is 0 Å². The summed E-state index contributed by atoms with van der Waals surface area (Å²) in [4.78, 5) is 0. The molecule has 51 heavy (non-hydrogen) atoms. The van der Waals surface area contributed by atoms with Gasteiger partial charge in [0, 0.05) is 0 Å². The van der Waals surface area contributed by atoms with Crippen molar-refractivity contribution in [3.8, 4) is 22.3 Å². The summed E-state index contributed by atoms with van der Waals surface area (Å²) in [6.07, 6.45) is 5.18. The smallest absolute Gasteiger partial charge is 0.147 e. The van der Waals surface area contributed by atoms with E-state index in [-0.39, 0.29) is 30.7 Å². The van der Waals surface area contributed by atoms with Crippen molar-refractivity contribution in [3.63, 3.8) is 0 Å². The third kappa shape index (κ3) is 6.44. The molecule has 6 aromatic rings. The SMILES string of the molecule is CC1=Cc2c(-c3ccccc3)ccc(C)c2[CH]1[Zr]([CH3])([CH3])(=[SiH2])[CH]1C(C(c2ccccc2)c2ccccc2)=Cc2c(-c3ccccc3)cccc21.Cl.Cl. The standard InChI is InChI=1S/C28H21.C17H15.2CH3.2ClH.H2Si.Zr/c1-4-11-21(12-5-1)26-18-10-17-24-19-25(20-27(24)26)28(22-13-6-2-7-14-22)23-15-8-3-9-16-23;1-12-10-16-13(2)8-9-15(17(16)11-12)14-6-4-3-5-7-14;;;;;;/h1-20,28H;3-11H,1-2H3;2*1H3;2*1H;1H2;. The van der Waals surface area contributed by atoms with Crippen LogP contribution in [0.2, 0.25) is 9.26 Å². The van der Waals surface area contributed by atoms with Crippen molar-refractivity contribution in [3.05, 3.63) is 202 Å². The molecule has 0 saturated heterocycles. The van der Waals surface area contributed by atoms with Crippen LogP contribution >= 0.6 is 24.8 Å². The minimum atomic E-state index is -3.97. The van der Waals surface area contributed by atoms with Gasteiger partial charge in [0.15, 0.2) is 0 Å². The zero-order valence-corrected chi connectivity index (χ0v) is 35.3. The molecule has 0 bridgehead atoms. The average Bonchev–Trinajstić information content (AvgIpc) is 3.70. The van der Waals surface area contributed by atoms with Gasteiger partial charge in [-0.2, -0.15) is 0 Å². The number of halogens is 2. The number of aryl methyl sites for hydroxylation is 1. The summed E-state index contributed by atoms with van der Waals surface area (Å²) in [6, 6.07) is 56.4. The van der Waals surface area contributed by atoms with Gasteiger partial charge in [0.25, 0.3) is 0 Å². The van der Waals surface area contributed by atoms with Crippen molar-refractivity contribution in [2.45, 2.75) is 36.3 Å². The summed E-state index contributed by atoms with van der Waals surface area (Å²) >= 11 is -3.97. The molecule has 2 aliphatic carbocycles. The van der Waals surface area contributed by atoms with Gasteiger partial charge in [0.05, 0.1) is 0 Å². The second-order valence-corrected chi connectivity index (χ2v) is 45.9. The van der Waals surface area contributed by atoms with E-state index >= 15 is 0 Å². The van der Waals surface area contributed by atoms with Crippen molar-refractivity contribution < 1.29 is 17.4 Å². The summed E-state index contributed by atoms with van der Waals surface area (Å²) in [5.74, 6) is 0.169. The van der Waals surface area contributed by atoms with E-state index in [4.69, 9.17) is 0 Å². The summed E-state index contributed by atoms with van der Waals surface area (Å²) in [7, 11) is 0. The first-order valence-corrected chi connectivity index (χ1v) is 31.3. The van der Waals surface area contributed by atoms with E-state index < -0.39 is 17.4 Å². The molecule has 0 N–H and O–H groups in total. The topological polar surface area (TPSA) is 0 Å². The number of benzene rings is 6. The Morgan fingerprint density at radius 3 is 1.53 bits per heavy atom. The first kappa shape index (κ1) is 37.2. The predicted octanol–water partition coefficient (Wildman–Crippen LogP) is 12.9. The molecule has 8 rings (SSSR count). The van der Waals surface area contributed by atoms with Crippen LogP contribution in [0.1, 0.15) is 59.0 Å². The third-order valence-corrected chi connectivity index (χ3v) is 28.9. The van der Waals surface area contributed by atoms with Gasteiger partial charge in [-0.15, -0.1) is 24.8 Å². The summed E-state index contributed by atoms with van der Waals surface area (Å²) in [5.41, 5.74) is 18.5. The first-order chi connectivity index (χ1) is 23.7. The quantitative estimate of drug-likeness (QED) is 0.141. The van der Waals surface area contributed by atoms with Gasteiger partial charge in [-0.05, 0) is 0 Å². The van der Waals surface area contributed by atoms with Gasteiger partial charge in [-0.25, -0.2) is 0 Å². The van der Waals surface area contributed by atoms with E-state index in [1.165, 1.54) is 61.2 Å². The van der Waals surface area contributed by atoms with E-state index in [0.717, 1.165) is 0 Å². The molecule has 2 unspecified atom stereocenters. The Morgan fingerprint density at radius 2 is 1.00 bits per heavy atom. The summed E-state index contributed by atoms with van der Waals surface area (Å²) < 4.78 is 6.36.